The van der Waals surface area contributed by atoms with E-state index in [1.165, 1.54) is 5.56 Å². The maximum Gasteiger partial charge on any atom is 0.243 e. The van der Waals surface area contributed by atoms with Crippen molar-refractivity contribution in [3.8, 4) is 17.2 Å². The summed E-state index contributed by atoms with van der Waals surface area (Å²) < 4.78 is 18.4. The van der Waals surface area contributed by atoms with Crippen molar-refractivity contribution in [2.24, 2.45) is 0 Å². The van der Waals surface area contributed by atoms with Crippen LogP contribution in [0.4, 0.5) is 5.95 Å². The van der Waals surface area contributed by atoms with Crippen LogP contribution in [-0.4, -0.2) is 41.5 Å². The van der Waals surface area contributed by atoms with E-state index in [0.29, 0.717) is 23.2 Å². The first-order valence-electron chi connectivity index (χ1n) is 8.65. The first-order chi connectivity index (χ1) is 13.3. The minimum Gasteiger partial charge on any atom is -0.493 e. The number of nitrogens with zero attached hydrogens (tertiary/aromatic N) is 4. The Labute approximate surface area is 157 Å². The van der Waals surface area contributed by atoms with E-state index in [9.17, 15) is 0 Å². The van der Waals surface area contributed by atoms with E-state index in [-0.39, 0.29) is 12.1 Å². The third-order valence-corrected chi connectivity index (χ3v) is 4.85. The van der Waals surface area contributed by atoms with Crippen molar-refractivity contribution >= 4 is 5.95 Å². The zero-order valence-electron chi connectivity index (χ0n) is 15.4. The highest BCUT2D eigenvalue weighted by Gasteiger charge is 2.33. The van der Waals surface area contributed by atoms with Crippen LogP contribution in [-0.2, 0) is 0 Å². The molecule has 2 heterocycles. The Morgan fingerprint density at radius 1 is 0.963 bits per heavy atom. The fourth-order valence-corrected chi connectivity index (χ4v) is 3.59. The smallest absolute Gasteiger partial charge is 0.243 e. The summed E-state index contributed by atoms with van der Waals surface area (Å²) in [7, 11) is 4.82. The summed E-state index contributed by atoms with van der Waals surface area (Å²) in [6.07, 6.45) is 0.758. The normalized spacial score (nSPS) is 18.3. The van der Waals surface area contributed by atoms with Crippen LogP contribution in [0, 0.1) is 0 Å². The average Bonchev–Trinajstić information content (AvgIpc) is 3.21. The van der Waals surface area contributed by atoms with Gasteiger partial charge in [0.2, 0.25) is 11.7 Å². The molecule has 1 N–H and O–H groups in total. The van der Waals surface area contributed by atoms with Gasteiger partial charge < -0.3 is 19.5 Å². The molecule has 8 heteroatoms. The van der Waals surface area contributed by atoms with Crippen LogP contribution in [0.1, 0.15) is 29.6 Å². The second kappa shape index (κ2) is 7.14. The Bertz CT molecular complexity index is 928. The third kappa shape index (κ3) is 2.92. The molecule has 0 spiro atoms. The molecule has 0 amide bonds. The van der Waals surface area contributed by atoms with Crippen molar-refractivity contribution in [2.75, 3.05) is 26.6 Å². The van der Waals surface area contributed by atoms with Crippen LogP contribution in [0.5, 0.6) is 17.2 Å². The molecule has 0 aliphatic carbocycles. The van der Waals surface area contributed by atoms with Crippen molar-refractivity contribution in [1.29, 1.82) is 0 Å². The van der Waals surface area contributed by atoms with Gasteiger partial charge in [-0.15, -0.1) is 0 Å². The maximum absolute atomic E-state index is 5.69. The number of ether oxygens (including phenoxy) is 3. The summed E-state index contributed by atoms with van der Waals surface area (Å²) >= 11 is 0. The van der Waals surface area contributed by atoms with Gasteiger partial charge in [-0.05, 0) is 34.5 Å². The molecule has 0 unspecified atom stereocenters. The molecule has 0 saturated carbocycles. The van der Waals surface area contributed by atoms with Gasteiger partial charge in [0.1, 0.15) is 0 Å². The summed E-state index contributed by atoms with van der Waals surface area (Å²) in [6.45, 7) is 0. The summed E-state index contributed by atoms with van der Waals surface area (Å²) in [5.74, 6) is 2.42. The molecule has 3 aromatic rings. The minimum absolute atomic E-state index is 0.0764. The van der Waals surface area contributed by atoms with E-state index in [0.717, 1.165) is 12.0 Å². The van der Waals surface area contributed by atoms with Crippen LogP contribution in [0.3, 0.4) is 0 Å². The second-order valence-electron chi connectivity index (χ2n) is 6.23. The summed E-state index contributed by atoms with van der Waals surface area (Å²) in [5, 5.41) is 15.6. The molecule has 27 heavy (non-hydrogen) atoms. The first kappa shape index (κ1) is 17.1. The Hall–Kier alpha value is -3.29. The molecule has 1 aliphatic heterocycles. The van der Waals surface area contributed by atoms with Crippen LogP contribution >= 0.6 is 0 Å². The predicted molar refractivity (Wildman–Crippen MR) is 99.5 cm³/mol. The van der Waals surface area contributed by atoms with Gasteiger partial charge in [-0.1, -0.05) is 35.4 Å². The molecule has 0 fully saturated rings. The number of methoxy groups -OCH3 is 3. The van der Waals surface area contributed by atoms with Gasteiger partial charge in [0.05, 0.1) is 33.4 Å². The minimum atomic E-state index is -0.115. The lowest BCUT2D eigenvalue weighted by Gasteiger charge is -2.32. The molecule has 4 rings (SSSR count). The van der Waals surface area contributed by atoms with Gasteiger partial charge in [-0.3, -0.25) is 0 Å². The molecule has 1 aliphatic rings. The lowest BCUT2D eigenvalue weighted by atomic mass is 9.92. The zero-order chi connectivity index (χ0) is 18.8. The third-order valence-electron chi connectivity index (χ3n) is 4.85. The van der Waals surface area contributed by atoms with Gasteiger partial charge in [0.15, 0.2) is 11.5 Å². The predicted octanol–water partition coefficient (Wildman–Crippen LogP) is 2.85. The Morgan fingerprint density at radius 3 is 2.44 bits per heavy atom. The van der Waals surface area contributed by atoms with Gasteiger partial charge in [0, 0.05) is 5.56 Å². The first-order valence-corrected chi connectivity index (χ1v) is 8.65. The molecule has 8 nitrogen and oxygen atoms in total. The Morgan fingerprint density at radius 2 is 1.74 bits per heavy atom. The zero-order valence-corrected chi connectivity index (χ0v) is 15.4. The molecular weight excluding hydrogens is 346 g/mol. The van der Waals surface area contributed by atoms with Crippen molar-refractivity contribution in [2.45, 2.75) is 18.5 Å². The Kier molecular flexibility index (Phi) is 4.53. The van der Waals surface area contributed by atoms with E-state index in [2.05, 4.69) is 33.0 Å². The van der Waals surface area contributed by atoms with Crippen molar-refractivity contribution in [3.63, 3.8) is 0 Å². The highest BCUT2D eigenvalue weighted by molar-refractivity contribution is 5.57. The monoisotopic (exact) mass is 367 g/mol. The molecule has 0 radical (unpaired) electrons. The number of hydrogen-bond acceptors (Lipinski definition) is 7. The molecule has 140 valence electrons. The Balaban J connectivity index is 1.81. The van der Waals surface area contributed by atoms with Gasteiger partial charge in [0.25, 0.3) is 0 Å². The standard InChI is InChI=1S/C19H21N5O3/c1-25-16-10-9-13(17(26-2)18(16)27-3)15-11-14(12-7-5-4-6-8-12)20-19-21-22-23-24(15)19/h4-10,14-15H,11H2,1-3H3,(H,20,21,23)/t14-,15-/m1/s1. The van der Waals surface area contributed by atoms with Gasteiger partial charge in [-0.25, -0.2) is 4.68 Å². The number of benzene rings is 2. The number of nitrogens with one attached hydrogen (secondary N) is 1. The van der Waals surface area contributed by atoms with Crippen molar-refractivity contribution in [1.82, 2.24) is 20.2 Å². The van der Waals surface area contributed by atoms with Gasteiger partial charge >= 0.3 is 0 Å². The van der Waals surface area contributed by atoms with E-state index >= 15 is 0 Å². The number of tetrazole rings is 1. The summed E-state index contributed by atoms with van der Waals surface area (Å²) in [4.78, 5) is 0. The van der Waals surface area contributed by atoms with Gasteiger partial charge in [-0.2, -0.15) is 0 Å². The van der Waals surface area contributed by atoms with E-state index in [1.54, 1.807) is 26.0 Å². The van der Waals surface area contributed by atoms with Crippen LogP contribution in [0.15, 0.2) is 42.5 Å². The molecule has 0 saturated heterocycles. The molecular formula is C19H21N5O3. The summed E-state index contributed by atoms with van der Waals surface area (Å²) in [6, 6.07) is 14.1. The lowest BCUT2D eigenvalue weighted by Crippen LogP contribution is -2.28. The molecule has 2 atom stereocenters. The van der Waals surface area contributed by atoms with Crippen LogP contribution in [0.25, 0.3) is 0 Å². The van der Waals surface area contributed by atoms with Crippen molar-refractivity contribution in [3.05, 3.63) is 53.6 Å². The number of aromatic nitrogens is 4. The fraction of sp³-hybridized carbons (Fsp3) is 0.316. The SMILES string of the molecule is COc1ccc([C@H]2C[C@H](c3ccccc3)Nc3nnnn32)c(OC)c1OC. The average molecular weight is 367 g/mol. The topological polar surface area (TPSA) is 83.3 Å². The van der Waals surface area contributed by atoms with Crippen LogP contribution in [0.2, 0.25) is 0 Å². The number of anilines is 1. The number of hydrogen-bond donors (Lipinski definition) is 1. The van der Waals surface area contributed by atoms with Crippen LogP contribution < -0.4 is 19.5 Å². The highest BCUT2D eigenvalue weighted by atomic mass is 16.5. The van der Waals surface area contributed by atoms with E-state index < -0.39 is 0 Å². The molecule has 2 aromatic carbocycles. The van der Waals surface area contributed by atoms with Crippen molar-refractivity contribution < 1.29 is 14.2 Å². The summed E-state index contributed by atoms with van der Waals surface area (Å²) in [5.41, 5.74) is 2.11. The molecule has 0 bridgehead atoms. The number of rotatable bonds is 5. The second-order valence-corrected chi connectivity index (χ2v) is 6.23. The fourth-order valence-electron chi connectivity index (χ4n) is 3.59. The highest BCUT2D eigenvalue weighted by Crippen LogP contribution is 2.46. The van der Waals surface area contributed by atoms with E-state index in [4.69, 9.17) is 14.2 Å². The number of fused-ring (bicyclic) bond motifs is 1. The van der Waals surface area contributed by atoms with E-state index in [1.807, 2.05) is 30.3 Å². The largest absolute Gasteiger partial charge is 0.493 e. The maximum atomic E-state index is 5.69. The quantitative estimate of drug-likeness (QED) is 0.742. The molecule has 1 aromatic heterocycles. The lowest BCUT2D eigenvalue weighted by molar-refractivity contribution is 0.315.